The molecule has 0 atom stereocenters. The van der Waals surface area contributed by atoms with Gasteiger partial charge in [-0.25, -0.2) is 0 Å². The molecule has 2 aliphatic rings. The Morgan fingerprint density at radius 2 is 1.55 bits per heavy atom. The topological polar surface area (TPSA) is 40.6 Å². The summed E-state index contributed by atoms with van der Waals surface area (Å²) in [7, 11) is 0. The van der Waals surface area contributed by atoms with Gasteiger partial charge < -0.3 is 4.90 Å². The molecule has 116 valence electrons. The molecule has 0 unspecified atom stereocenters. The van der Waals surface area contributed by atoms with Crippen molar-refractivity contribution in [2.24, 2.45) is 0 Å². The highest BCUT2D eigenvalue weighted by Crippen LogP contribution is 2.12. The fourth-order valence-corrected chi connectivity index (χ4v) is 2.68. The smallest absolute Gasteiger partial charge is 0.222 e. The Labute approximate surface area is 123 Å². The lowest BCUT2D eigenvalue weighted by molar-refractivity contribution is -0.135. The normalized spacial score (nSPS) is 21.2. The fraction of sp³-hybridized carbons (Fsp3) is 0.875. The highest BCUT2D eigenvalue weighted by molar-refractivity contribution is 5.81. The number of nitrogens with zero attached hydrogens (tertiary/aromatic N) is 2. The molecule has 4 nitrogen and oxygen atoms in total. The first-order chi connectivity index (χ1) is 9.41. The summed E-state index contributed by atoms with van der Waals surface area (Å²) in [4.78, 5) is 26.3. The van der Waals surface area contributed by atoms with Gasteiger partial charge in [-0.1, -0.05) is 0 Å². The Kier molecular flexibility index (Phi) is 7.20. The molecular weight excluding hydrogens is 252 g/mol. The number of hydrogen-bond acceptors (Lipinski definition) is 3. The number of likely N-dealkylation sites (tertiary alicyclic amines) is 2. The van der Waals surface area contributed by atoms with E-state index in [0.717, 1.165) is 38.8 Å². The van der Waals surface area contributed by atoms with Gasteiger partial charge in [-0.15, -0.1) is 0 Å². The van der Waals surface area contributed by atoms with Crippen molar-refractivity contribution in [1.82, 2.24) is 9.80 Å². The van der Waals surface area contributed by atoms with Crippen LogP contribution < -0.4 is 0 Å². The van der Waals surface area contributed by atoms with Gasteiger partial charge in [0.15, 0.2) is 0 Å². The van der Waals surface area contributed by atoms with E-state index in [1.807, 2.05) is 4.90 Å². The molecule has 0 aromatic carbocycles. The number of rotatable bonds is 2. The number of carbonyl (C=O) groups is 2. The van der Waals surface area contributed by atoms with E-state index in [4.69, 9.17) is 0 Å². The van der Waals surface area contributed by atoms with Gasteiger partial charge in [0.05, 0.1) is 6.54 Å². The SMILES string of the molecule is CC(C)N1CCCC(=O)C1.CC(C)N1CCCCC1=O. The van der Waals surface area contributed by atoms with Crippen LogP contribution >= 0.6 is 0 Å². The molecule has 0 aliphatic carbocycles. The maximum absolute atomic E-state index is 11.2. The molecule has 0 N–H and O–H groups in total. The second-order valence-corrected chi connectivity index (χ2v) is 6.34. The van der Waals surface area contributed by atoms with Crippen molar-refractivity contribution in [2.75, 3.05) is 19.6 Å². The monoisotopic (exact) mass is 282 g/mol. The first-order valence-electron chi connectivity index (χ1n) is 7.97. The minimum atomic E-state index is 0.334. The Bertz CT molecular complexity index is 326. The van der Waals surface area contributed by atoms with Crippen LogP contribution in [-0.2, 0) is 9.59 Å². The molecule has 2 fully saturated rings. The molecule has 0 spiro atoms. The third-order valence-corrected chi connectivity index (χ3v) is 3.99. The maximum atomic E-state index is 11.2. The van der Waals surface area contributed by atoms with Crippen LogP contribution in [0, 0.1) is 0 Å². The average molecular weight is 282 g/mol. The van der Waals surface area contributed by atoms with Gasteiger partial charge in [-0.3, -0.25) is 14.5 Å². The quantitative estimate of drug-likeness (QED) is 0.781. The van der Waals surface area contributed by atoms with Gasteiger partial charge in [0, 0.05) is 31.5 Å². The van der Waals surface area contributed by atoms with Crippen LogP contribution in [-0.4, -0.2) is 53.2 Å². The van der Waals surface area contributed by atoms with Crippen molar-refractivity contribution in [2.45, 2.75) is 71.9 Å². The molecule has 0 radical (unpaired) electrons. The van der Waals surface area contributed by atoms with Crippen LogP contribution in [0.4, 0.5) is 0 Å². The van der Waals surface area contributed by atoms with Gasteiger partial charge in [-0.05, 0) is 53.5 Å². The summed E-state index contributed by atoms with van der Waals surface area (Å²) in [5.41, 5.74) is 0. The fourth-order valence-electron chi connectivity index (χ4n) is 2.68. The van der Waals surface area contributed by atoms with E-state index in [1.54, 1.807) is 0 Å². The molecule has 0 aromatic rings. The van der Waals surface area contributed by atoms with Crippen LogP contribution in [0.1, 0.15) is 59.8 Å². The summed E-state index contributed by atoms with van der Waals surface area (Å²) in [6, 6.07) is 0.928. The van der Waals surface area contributed by atoms with E-state index < -0.39 is 0 Å². The van der Waals surface area contributed by atoms with E-state index in [1.165, 1.54) is 6.42 Å². The number of hydrogen-bond donors (Lipinski definition) is 0. The van der Waals surface area contributed by atoms with Crippen LogP contribution in [0.5, 0.6) is 0 Å². The highest BCUT2D eigenvalue weighted by atomic mass is 16.2. The van der Waals surface area contributed by atoms with Crippen molar-refractivity contribution in [3.63, 3.8) is 0 Å². The lowest BCUT2D eigenvalue weighted by Gasteiger charge is -2.30. The van der Waals surface area contributed by atoms with Crippen LogP contribution in [0.2, 0.25) is 0 Å². The van der Waals surface area contributed by atoms with E-state index in [2.05, 4.69) is 32.6 Å². The Balaban J connectivity index is 0.000000200. The van der Waals surface area contributed by atoms with Gasteiger partial charge in [0.2, 0.25) is 5.91 Å². The maximum Gasteiger partial charge on any atom is 0.222 e. The van der Waals surface area contributed by atoms with E-state index in [0.29, 0.717) is 30.3 Å². The summed E-state index contributed by atoms with van der Waals surface area (Å²) in [5, 5.41) is 0. The van der Waals surface area contributed by atoms with Gasteiger partial charge in [-0.2, -0.15) is 0 Å². The van der Waals surface area contributed by atoms with Crippen LogP contribution in [0.15, 0.2) is 0 Å². The summed E-state index contributed by atoms with van der Waals surface area (Å²) in [6.07, 6.45) is 4.88. The van der Waals surface area contributed by atoms with Crippen molar-refractivity contribution < 1.29 is 9.59 Å². The van der Waals surface area contributed by atoms with Gasteiger partial charge in [0.1, 0.15) is 5.78 Å². The second kappa shape index (κ2) is 8.40. The number of Topliss-reactive ketones (excluding diaryl/α,β-unsaturated/α-hetero) is 1. The van der Waals surface area contributed by atoms with E-state index in [-0.39, 0.29) is 0 Å². The van der Waals surface area contributed by atoms with Crippen molar-refractivity contribution in [1.29, 1.82) is 0 Å². The lowest BCUT2D eigenvalue weighted by atomic mass is 10.1. The zero-order valence-corrected chi connectivity index (χ0v) is 13.5. The molecule has 2 aliphatic heterocycles. The molecule has 1 amide bonds. The van der Waals surface area contributed by atoms with Crippen molar-refractivity contribution in [3.8, 4) is 0 Å². The number of amides is 1. The first kappa shape index (κ1) is 17.2. The summed E-state index contributed by atoms with van der Waals surface area (Å²) < 4.78 is 0. The molecule has 20 heavy (non-hydrogen) atoms. The van der Waals surface area contributed by atoms with Gasteiger partial charge in [0.25, 0.3) is 0 Å². The minimum Gasteiger partial charge on any atom is -0.340 e. The Morgan fingerprint density at radius 3 is 1.95 bits per heavy atom. The third kappa shape index (κ3) is 5.61. The molecule has 0 aromatic heterocycles. The molecular formula is C16H30N2O2. The zero-order chi connectivity index (χ0) is 15.1. The van der Waals surface area contributed by atoms with E-state index >= 15 is 0 Å². The molecule has 2 heterocycles. The van der Waals surface area contributed by atoms with Crippen LogP contribution in [0.25, 0.3) is 0 Å². The standard InChI is InChI=1S/2C8H15NO/c1-7(2)9-5-3-4-8(10)6-9;1-7(2)9-6-4-3-5-8(9)10/h2*7H,3-6H2,1-2H3. The number of ketones is 1. The summed E-state index contributed by atoms with van der Waals surface area (Å²) in [5.74, 6) is 0.737. The second-order valence-electron chi connectivity index (χ2n) is 6.34. The Hall–Kier alpha value is -0.900. The highest BCUT2D eigenvalue weighted by Gasteiger charge is 2.19. The lowest BCUT2D eigenvalue weighted by Crippen LogP contribution is -2.40. The molecule has 0 saturated carbocycles. The summed E-state index contributed by atoms with van der Waals surface area (Å²) >= 11 is 0. The summed E-state index contributed by atoms with van der Waals surface area (Å²) in [6.45, 7) is 11.2. The number of piperidine rings is 2. The number of carbonyl (C=O) groups excluding carboxylic acids is 2. The predicted octanol–water partition coefficient (Wildman–Crippen LogP) is 2.47. The largest absolute Gasteiger partial charge is 0.340 e. The zero-order valence-electron chi connectivity index (χ0n) is 13.5. The minimum absolute atomic E-state index is 0.334. The first-order valence-corrected chi connectivity index (χ1v) is 7.97. The van der Waals surface area contributed by atoms with Crippen molar-refractivity contribution in [3.05, 3.63) is 0 Å². The Morgan fingerprint density at radius 1 is 0.850 bits per heavy atom. The van der Waals surface area contributed by atoms with E-state index in [9.17, 15) is 9.59 Å². The average Bonchev–Trinajstić information content (AvgIpc) is 2.39. The van der Waals surface area contributed by atoms with Gasteiger partial charge >= 0.3 is 0 Å². The molecule has 2 rings (SSSR count). The van der Waals surface area contributed by atoms with Crippen LogP contribution in [0.3, 0.4) is 0 Å². The predicted molar refractivity (Wildman–Crippen MR) is 81.7 cm³/mol. The molecule has 2 saturated heterocycles. The third-order valence-electron chi connectivity index (χ3n) is 3.99. The van der Waals surface area contributed by atoms with Crippen molar-refractivity contribution >= 4 is 11.7 Å². The molecule has 4 heteroatoms. The molecule has 0 bridgehead atoms.